The van der Waals surface area contributed by atoms with Crippen LogP contribution in [-0.2, 0) is 11.2 Å². The molecule has 1 heterocycles. The second kappa shape index (κ2) is 7.46. The first kappa shape index (κ1) is 16.5. The molecule has 3 aromatic rings. The molecule has 0 spiro atoms. The van der Waals surface area contributed by atoms with Crippen molar-refractivity contribution in [3.63, 3.8) is 0 Å². The lowest BCUT2D eigenvalue weighted by Crippen LogP contribution is -2.15. The number of nitrogens with zero attached hydrogens (tertiary/aromatic N) is 4. The number of aromatic nitrogens is 4. The van der Waals surface area contributed by atoms with E-state index in [-0.39, 0.29) is 12.3 Å². The van der Waals surface area contributed by atoms with Crippen molar-refractivity contribution in [1.29, 1.82) is 0 Å². The molecule has 1 amide bonds. The lowest BCUT2D eigenvalue weighted by atomic mass is 10.1. The number of amides is 1. The van der Waals surface area contributed by atoms with Crippen LogP contribution in [0.2, 0.25) is 5.02 Å². The number of nitrogens with one attached hydrogen (secondary N) is 1. The molecule has 1 N–H and O–H groups in total. The van der Waals surface area contributed by atoms with E-state index in [1.165, 1.54) is 11.8 Å². The molecule has 6 nitrogen and oxygen atoms in total. The Hall–Kier alpha value is -2.38. The van der Waals surface area contributed by atoms with Crippen LogP contribution < -0.4 is 5.32 Å². The predicted octanol–water partition coefficient (Wildman–Crippen LogP) is 3.22. The molecule has 122 valence electrons. The predicted molar refractivity (Wildman–Crippen MR) is 94.7 cm³/mol. The smallest absolute Gasteiger partial charge is 0.228 e. The van der Waals surface area contributed by atoms with E-state index in [4.69, 9.17) is 11.6 Å². The maximum atomic E-state index is 12.2. The first-order valence-corrected chi connectivity index (χ1v) is 8.73. The molecule has 0 bridgehead atoms. The molecule has 2 aromatic carbocycles. The first-order chi connectivity index (χ1) is 11.7. The Morgan fingerprint density at radius 1 is 1.25 bits per heavy atom. The van der Waals surface area contributed by atoms with E-state index in [0.717, 1.165) is 11.3 Å². The molecular weight excluding hydrogens is 346 g/mol. The minimum atomic E-state index is -0.137. The fourth-order valence-corrected chi connectivity index (χ4v) is 2.84. The SMILES string of the molecule is CSc1nnnn1-c1cccc(NC(=O)Cc2ccccc2Cl)c1. The highest BCUT2D eigenvalue weighted by atomic mass is 35.5. The zero-order valence-electron chi connectivity index (χ0n) is 12.8. The van der Waals surface area contributed by atoms with Gasteiger partial charge in [0.15, 0.2) is 0 Å². The summed E-state index contributed by atoms with van der Waals surface area (Å²) in [7, 11) is 0. The number of anilines is 1. The van der Waals surface area contributed by atoms with Crippen LogP contribution in [0, 0.1) is 0 Å². The van der Waals surface area contributed by atoms with Gasteiger partial charge in [-0.1, -0.05) is 47.6 Å². The number of thioether (sulfide) groups is 1. The van der Waals surface area contributed by atoms with Crippen LogP contribution in [0.25, 0.3) is 5.69 Å². The number of halogens is 1. The molecule has 0 unspecified atom stereocenters. The Labute approximate surface area is 148 Å². The minimum Gasteiger partial charge on any atom is -0.326 e. The van der Waals surface area contributed by atoms with Gasteiger partial charge in [0.25, 0.3) is 0 Å². The van der Waals surface area contributed by atoms with Crippen molar-refractivity contribution >= 4 is 35.0 Å². The van der Waals surface area contributed by atoms with Crippen molar-refractivity contribution < 1.29 is 4.79 Å². The summed E-state index contributed by atoms with van der Waals surface area (Å²) in [5.41, 5.74) is 2.24. The number of rotatable bonds is 5. The second-order valence-corrected chi connectivity index (χ2v) is 6.12. The number of benzene rings is 2. The molecular formula is C16H14ClN5OS. The van der Waals surface area contributed by atoms with Gasteiger partial charge in [0.1, 0.15) is 0 Å². The van der Waals surface area contributed by atoms with Crippen LogP contribution in [0.3, 0.4) is 0 Å². The number of hydrogen-bond donors (Lipinski definition) is 1. The van der Waals surface area contributed by atoms with Gasteiger partial charge >= 0.3 is 0 Å². The summed E-state index contributed by atoms with van der Waals surface area (Å²) in [6.07, 6.45) is 2.11. The molecule has 0 aliphatic rings. The summed E-state index contributed by atoms with van der Waals surface area (Å²) in [4.78, 5) is 12.2. The van der Waals surface area contributed by atoms with Crippen molar-refractivity contribution in [3.8, 4) is 5.69 Å². The van der Waals surface area contributed by atoms with Crippen molar-refractivity contribution in [2.45, 2.75) is 11.6 Å². The number of carbonyl (C=O) groups excluding carboxylic acids is 1. The summed E-state index contributed by atoms with van der Waals surface area (Å²) in [6, 6.07) is 14.7. The third-order valence-electron chi connectivity index (χ3n) is 3.31. The Bertz CT molecular complexity index is 867. The highest BCUT2D eigenvalue weighted by Gasteiger charge is 2.10. The van der Waals surface area contributed by atoms with E-state index >= 15 is 0 Å². The third kappa shape index (κ3) is 3.74. The van der Waals surface area contributed by atoms with E-state index in [0.29, 0.717) is 15.9 Å². The molecule has 0 aliphatic carbocycles. The van der Waals surface area contributed by atoms with Gasteiger partial charge in [-0.05, 0) is 46.5 Å². The van der Waals surface area contributed by atoms with Gasteiger partial charge < -0.3 is 5.32 Å². The summed E-state index contributed by atoms with van der Waals surface area (Å²) in [5.74, 6) is -0.137. The topological polar surface area (TPSA) is 72.7 Å². The van der Waals surface area contributed by atoms with Gasteiger partial charge in [-0.25, -0.2) is 0 Å². The number of hydrogen-bond acceptors (Lipinski definition) is 5. The van der Waals surface area contributed by atoms with Gasteiger partial charge in [0.2, 0.25) is 11.1 Å². The molecule has 0 saturated carbocycles. The highest BCUT2D eigenvalue weighted by molar-refractivity contribution is 7.98. The molecule has 24 heavy (non-hydrogen) atoms. The minimum absolute atomic E-state index is 0.137. The third-order valence-corrected chi connectivity index (χ3v) is 4.30. The van der Waals surface area contributed by atoms with Gasteiger partial charge in [-0.3, -0.25) is 4.79 Å². The van der Waals surface area contributed by atoms with Crippen LogP contribution in [-0.4, -0.2) is 32.4 Å². The Balaban J connectivity index is 1.75. The van der Waals surface area contributed by atoms with Gasteiger partial charge in [0, 0.05) is 10.7 Å². The van der Waals surface area contributed by atoms with Crippen LogP contribution in [0.15, 0.2) is 53.7 Å². The van der Waals surface area contributed by atoms with Gasteiger partial charge in [-0.2, -0.15) is 4.68 Å². The second-order valence-electron chi connectivity index (χ2n) is 4.94. The Kier molecular flexibility index (Phi) is 5.12. The summed E-state index contributed by atoms with van der Waals surface area (Å²) < 4.78 is 1.62. The average molecular weight is 360 g/mol. The maximum absolute atomic E-state index is 12.2. The molecule has 1 aromatic heterocycles. The zero-order valence-corrected chi connectivity index (χ0v) is 14.4. The quantitative estimate of drug-likeness (QED) is 0.708. The summed E-state index contributed by atoms with van der Waals surface area (Å²) in [6.45, 7) is 0. The lowest BCUT2D eigenvalue weighted by molar-refractivity contribution is -0.115. The van der Waals surface area contributed by atoms with E-state index < -0.39 is 0 Å². The number of tetrazole rings is 1. The van der Waals surface area contributed by atoms with Crippen molar-refractivity contribution in [1.82, 2.24) is 20.2 Å². The Morgan fingerprint density at radius 3 is 2.88 bits per heavy atom. The summed E-state index contributed by atoms with van der Waals surface area (Å²) >= 11 is 7.53. The average Bonchev–Trinajstić information content (AvgIpc) is 3.06. The zero-order chi connectivity index (χ0) is 16.9. The van der Waals surface area contributed by atoms with E-state index in [1.54, 1.807) is 10.7 Å². The fourth-order valence-electron chi connectivity index (χ4n) is 2.20. The van der Waals surface area contributed by atoms with Crippen molar-refractivity contribution in [2.75, 3.05) is 11.6 Å². The van der Waals surface area contributed by atoms with Gasteiger partial charge in [0.05, 0.1) is 12.1 Å². The van der Waals surface area contributed by atoms with E-state index in [1.807, 2.05) is 48.7 Å². The molecule has 0 saturated heterocycles. The first-order valence-electron chi connectivity index (χ1n) is 7.13. The largest absolute Gasteiger partial charge is 0.326 e. The fraction of sp³-hybridized carbons (Fsp3) is 0.125. The molecule has 0 fully saturated rings. The van der Waals surface area contributed by atoms with Crippen molar-refractivity contribution in [3.05, 3.63) is 59.1 Å². The van der Waals surface area contributed by atoms with Crippen LogP contribution in [0.1, 0.15) is 5.56 Å². The van der Waals surface area contributed by atoms with E-state index in [9.17, 15) is 4.79 Å². The molecule has 0 atom stereocenters. The Morgan fingerprint density at radius 2 is 2.08 bits per heavy atom. The number of carbonyl (C=O) groups is 1. The molecule has 8 heteroatoms. The molecule has 0 radical (unpaired) electrons. The standard InChI is InChI=1S/C16H14ClN5OS/c1-24-16-19-20-21-22(16)13-7-4-6-12(10-13)18-15(23)9-11-5-2-3-8-14(11)17/h2-8,10H,9H2,1H3,(H,18,23). The molecule has 0 aliphatic heterocycles. The van der Waals surface area contributed by atoms with Crippen LogP contribution in [0.5, 0.6) is 0 Å². The van der Waals surface area contributed by atoms with Crippen molar-refractivity contribution in [2.24, 2.45) is 0 Å². The highest BCUT2D eigenvalue weighted by Crippen LogP contribution is 2.20. The lowest BCUT2D eigenvalue weighted by Gasteiger charge is -2.09. The van der Waals surface area contributed by atoms with Crippen LogP contribution >= 0.6 is 23.4 Å². The maximum Gasteiger partial charge on any atom is 0.228 e. The van der Waals surface area contributed by atoms with Crippen LogP contribution in [0.4, 0.5) is 5.69 Å². The van der Waals surface area contributed by atoms with E-state index in [2.05, 4.69) is 20.8 Å². The van der Waals surface area contributed by atoms with Gasteiger partial charge in [-0.15, -0.1) is 5.10 Å². The normalized spacial score (nSPS) is 10.6. The monoisotopic (exact) mass is 359 g/mol. The molecule has 3 rings (SSSR count). The summed E-state index contributed by atoms with van der Waals surface area (Å²) in [5, 5.41) is 15.7.